The van der Waals surface area contributed by atoms with Crippen molar-refractivity contribution in [2.24, 2.45) is 0 Å². The first-order valence-electron chi connectivity index (χ1n) is 7.09. The molecule has 2 aliphatic rings. The van der Waals surface area contributed by atoms with Crippen molar-refractivity contribution in [3.05, 3.63) is 29.8 Å². The van der Waals surface area contributed by atoms with Crippen LogP contribution >= 0.6 is 0 Å². The third-order valence-corrected chi connectivity index (χ3v) is 3.84. The predicted molar refractivity (Wildman–Crippen MR) is 76.4 cm³/mol. The Morgan fingerprint density at radius 3 is 2.90 bits per heavy atom. The first kappa shape index (κ1) is 13.6. The van der Waals surface area contributed by atoms with E-state index in [1.54, 1.807) is 4.90 Å². The molecule has 3 amide bonds. The van der Waals surface area contributed by atoms with E-state index in [-0.39, 0.29) is 36.7 Å². The summed E-state index contributed by atoms with van der Waals surface area (Å²) in [6, 6.07) is 7.09. The molecule has 0 aliphatic carbocycles. The average Bonchev–Trinajstić information content (AvgIpc) is 2.84. The Kier molecular flexibility index (Phi) is 3.60. The Labute approximate surface area is 122 Å². The molecule has 1 aromatic rings. The van der Waals surface area contributed by atoms with Gasteiger partial charge < -0.3 is 15.5 Å². The number of carbonyl (C=O) groups excluding carboxylic acids is 3. The molecule has 1 saturated heterocycles. The van der Waals surface area contributed by atoms with Crippen LogP contribution in [0.2, 0.25) is 0 Å². The van der Waals surface area contributed by atoms with E-state index in [0.717, 1.165) is 17.7 Å². The molecule has 110 valence electrons. The SMILES string of the molecule is O=C1C[C@@H](NC(=O)CN2CCCC2=O)c2ccccc2N1. The van der Waals surface area contributed by atoms with Gasteiger partial charge in [0.05, 0.1) is 19.0 Å². The van der Waals surface area contributed by atoms with Crippen LogP contribution in [-0.4, -0.2) is 35.7 Å². The van der Waals surface area contributed by atoms with E-state index in [0.29, 0.717) is 13.0 Å². The van der Waals surface area contributed by atoms with E-state index in [2.05, 4.69) is 10.6 Å². The largest absolute Gasteiger partial charge is 0.347 e. The highest BCUT2D eigenvalue weighted by atomic mass is 16.2. The zero-order valence-electron chi connectivity index (χ0n) is 11.6. The predicted octanol–water partition coefficient (Wildman–Crippen LogP) is 0.808. The maximum absolute atomic E-state index is 12.1. The van der Waals surface area contributed by atoms with Gasteiger partial charge in [-0.25, -0.2) is 0 Å². The third kappa shape index (κ3) is 2.89. The van der Waals surface area contributed by atoms with Crippen LogP contribution in [0, 0.1) is 0 Å². The minimum absolute atomic E-state index is 0.0203. The molecule has 6 nitrogen and oxygen atoms in total. The van der Waals surface area contributed by atoms with Gasteiger partial charge in [-0.15, -0.1) is 0 Å². The van der Waals surface area contributed by atoms with Crippen LogP contribution in [0.1, 0.15) is 30.9 Å². The van der Waals surface area contributed by atoms with Crippen LogP contribution in [0.25, 0.3) is 0 Å². The molecule has 0 bridgehead atoms. The van der Waals surface area contributed by atoms with Gasteiger partial charge in [0.2, 0.25) is 17.7 Å². The summed E-state index contributed by atoms with van der Waals surface area (Å²) in [6.45, 7) is 0.702. The molecule has 2 N–H and O–H groups in total. The van der Waals surface area contributed by atoms with E-state index in [9.17, 15) is 14.4 Å². The van der Waals surface area contributed by atoms with Gasteiger partial charge in [0.25, 0.3) is 0 Å². The molecule has 0 spiro atoms. The monoisotopic (exact) mass is 287 g/mol. The van der Waals surface area contributed by atoms with Crippen LogP contribution in [0.4, 0.5) is 5.69 Å². The minimum atomic E-state index is -0.333. The zero-order valence-corrected chi connectivity index (χ0v) is 11.6. The molecule has 2 aliphatic heterocycles. The number of anilines is 1. The minimum Gasteiger partial charge on any atom is -0.347 e. The lowest BCUT2D eigenvalue weighted by Gasteiger charge is -2.27. The molecular formula is C15H17N3O3. The van der Waals surface area contributed by atoms with E-state index < -0.39 is 0 Å². The smallest absolute Gasteiger partial charge is 0.240 e. The summed E-state index contributed by atoms with van der Waals surface area (Å²) in [4.78, 5) is 36.9. The normalized spacial score (nSPS) is 21.0. The molecule has 3 rings (SSSR count). The van der Waals surface area contributed by atoms with Crippen LogP contribution in [-0.2, 0) is 14.4 Å². The Hall–Kier alpha value is -2.37. The highest BCUT2D eigenvalue weighted by Gasteiger charge is 2.28. The lowest BCUT2D eigenvalue weighted by Crippen LogP contribution is -2.41. The Morgan fingerprint density at radius 1 is 1.33 bits per heavy atom. The number of nitrogens with zero attached hydrogens (tertiary/aromatic N) is 1. The van der Waals surface area contributed by atoms with Crippen molar-refractivity contribution in [3.8, 4) is 0 Å². The van der Waals surface area contributed by atoms with Crippen molar-refractivity contribution in [2.75, 3.05) is 18.4 Å². The summed E-state index contributed by atoms with van der Waals surface area (Å²) in [6.07, 6.45) is 1.54. The molecule has 6 heteroatoms. The molecule has 0 unspecified atom stereocenters. The summed E-state index contributed by atoms with van der Waals surface area (Å²) in [5.41, 5.74) is 1.63. The molecule has 2 heterocycles. The Balaban J connectivity index is 1.68. The van der Waals surface area contributed by atoms with Gasteiger partial charge in [-0.3, -0.25) is 14.4 Å². The van der Waals surface area contributed by atoms with Crippen molar-refractivity contribution in [1.82, 2.24) is 10.2 Å². The number of nitrogens with one attached hydrogen (secondary N) is 2. The second kappa shape index (κ2) is 5.55. The lowest BCUT2D eigenvalue weighted by atomic mass is 9.97. The molecular weight excluding hydrogens is 270 g/mol. The molecule has 0 aromatic heterocycles. The number of hydrogen-bond donors (Lipinski definition) is 2. The Bertz CT molecular complexity index is 600. The first-order chi connectivity index (χ1) is 10.1. The van der Waals surface area contributed by atoms with E-state index >= 15 is 0 Å². The van der Waals surface area contributed by atoms with Gasteiger partial charge >= 0.3 is 0 Å². The second-order valence-corrected chi connectivity index (χ2v) is 5.38. The quantitative estimate of drug-likeness (QED) is 0.863. The van der Waals surface area contributed by atoms with Crippen molar-refractivity contribution >= 4 is 23.4 Å². The molecule has 0 saturated carbocycles. The Morgan fingerprint density at radius 2 is 2.14 bits per heavy atom. The van der Waals surface area contributed by atoms with Crippen LogP contribution in [0.15, 0.2) is 24.3 Å². The van der Waals surface area contributed by atoms with Crippen LogP contribution in [0.3, 0.4) is 0 Å². The fraction of sp³-hybridized carbons (Fsp3) is 0.400. The van der Waals surface area contributed by atoms with Crippen molar-refractivity contribution in [1.29, 1.82) is 0 Å². The highest BCUT2D eigenvalue weighted by molar-refractivity contribution is 5.95. The number of likely N-dealkylation sites (tertiary alicyclic amines) is 1. The number of fused-ring (bicyclic) bond motifs is 1. The van der Waals surface area contributed by atoms with Gasteiger partial charge in [0, 0.05) is 18.7 Å². The maximum atomic E-state index is 12.1. The molecule has 21 heavy (non-hydrogen) atoms. The number of rotatable bonds is 3. The van der Waals surface area contributed by atoms with Crippen LogP contribution < -0.4 is 10.6 Å². The van der Waals surface area contributed by atoms with Gasteiger partial charge in [0.15, 0.2) is 0 Å². The van der Waals surface area contributed by atoms with Gasteiger partial charge in [-0.05, 0) is 18.1 Å². The average molecular weight is 287 g/mol. The van der Waals surface area contributed by atoms with Gasteiger partial charge in [-0.1, -0.05) is 18.2 Å². The van der Waals surface area contributed by atoms with Crippen molar-refractivity contribution in [3.63, 3.8) is 0 Å². The van der Waals surface area contributed by atoms with Gasteiger partial charge in [0.1, 0.15) is 0 Å². The number of carbonyl (C=O) groups is 3. The maximum Gasteiger partial charge on any atom is 0.240 e. The highest BCUT2D eigenvalue weighted by Crippen LogP contribution is 2.29. The van der Waals surface area contributed by atoms with E-state index in [1.165, 1.54) is 0 Å². The number of benzene rings is 1. The topological polar surface area (TPSA) is 78.5 Å². The second-order valence-electron chi connectivity index (χ2n) is 5.38. The van der Waals surface area contributed by atoms with Crippen molar-refractivity contribution in [2.45, 2.75) is 25.3 Å². The number of amides is 3. The summed E-state index contributed by atoms with van der Waals surface area (Å²) >= 11 is 0. The molecule has 1 fully saturated rings. The zero-order chi connectivity index (χ0) is 14.8. The standard InChI is InChI=1S/C15H17N3O3/c19-13-8-12(10-4-1-2-5-11(10)16-13)17-14(20)9-18-7-3-6-15(18)21/h1-2,4-5,12H,3,6-9H2,(H,16,19)(H,17,20)/t12-/m1/s1. The summed E-state index contributed by atoms with van der Waals surface area (Å²) in [5, 5.41) is 5.65. The van der Waals surface area contributed by atoms with Crippen LogP contribution in [0.5, 0.6) is 0 Å². The lowest BCUT2D eigenvalue weighted by molar-refractivity contribution is -0.133. The van der Waals surface area contributed by atoms with Crippen molar-refractivity contribution < 1.29 is 14.4 Å². The first-order valence-corrected chi connectivity index (χ1v) is 7.09. The fourth-order valence-electron chi connectivity index (χ4n) is 2.82. The van der Waals surface area contributed by atoms with E-state index in [4.69, 9.17) is 0 Å². The third-order valence-electron chi connectivity index (χ3n) is 3.84. The van der Waals surface area contributed by atoms with E-state index in [1.807, 2.05) is 24.3 Å². The fourth-order valence-corrected chi connectivity index (χ4v) is 2.82. The molecule has 1 atom stereocenters. The number of hydrogen-bond acceptors (Lipinski definition) is 3. The summed E-state index contributed by atoms with van der Waals surface area (Å²) in [5.74, 6) is -0.317. The number of para-hydroxylation sites is 1. The van der Waals surface area contributed by atoms with Gasteiger partial charge in [-0.2, -0.15) is 0 Å². The molecule has 0 radical (unpaired) electrons. The summed E-state index contributed by atoms with van der Waals surface area (Å²) < 4.78 is 0. The summed E-state index contributed by atoms with van der Waals surface area (Å²) in [7, 11) is 0. The molecule has 1 aromatic carbocycles.